The fourth-order valence-electron chi connectivity index (χ4n) is 6.84. The third-order valence-electron chi connectivity index (χ3n) is 9.13. The summed E-state index contributed by atoms with van der Waals surface area (Å²) in [5.74, 6) is -2.60. The summed E-state index contributed by atoms with van der Waals surface area (Å²) in [5.41, 5.74) is -0.121. The number of aliphatic hydroxyl groups is 4. The molecule has 2 aromatic heterocycles. The van der Waals surface area contributed by atoms with E-state index in [0.29, 0.717) is 40.8 Å². The first-order valence-electron chi connectivity index (χ1n) is 15.6. The van der Waals surface area contributed by atoms with Crippen molar-refractivity contribution in [1.29, 1.82) is 5.26 Å². The number of fused-ring (bicyclic) bond motifs is 2. The van der Waals surface area contributed by atoms with E-state index >= 15 is 0 Å². The number of piperidine rings is 1. The molecule has 0 bridgehead atoms. The van der Waals surface area contributed by atoms with Gasteiger partial charge in [-0.1, -0.05) is 43.1 Å². The molecule has 6 rings (SSSR count). The minimum atomic E-state index is -3.46. The molecule has 13 heteroatoms. The standard InChI is InChI=1S/C29H31BClN5O5.C4H9N/c1-3-19-15-36(26-18(13-32)12-20(31)14-33-26)11-10-27(19)17-35(2)16-24-22(27)8-9-23(34-24)21-6-4-5-7-25(21)41-29(39,40)28(30,37)38;1-2-4-5-3-1/h4-9,12,14,19,37-40H,3,10-11,15-17H2,1-2H3;5H,1-4H2. The highest BCUT2D eigenvalue weighted by Gasteiger charge is 2.48. The van der Waals surface area contributed by atoms with Crippen molar-refractivity contribution in [2.24, 2.45) is 5.92 Å². The molecule has 242 valence electrons. The molecule has 1 aromatic carbocycles. The number of nitrogens with zero attached hydrogens (tertiary/aromatic N) is 5. The van der Waals surface area contributed by atoms with Crippen LogP contribution in [0, 0.1) is 17.2 Å². The number of nitriles is 1. The van der Waals surface area contributed by atoms with E-state index < -0.39 is 11.7 Å². The van der Waals surface area contributed by atoms with Gasteiger partial charge < -0.3 is 35.4 Å². The Balaban J connectivity index is 0.000000760. The van der Waals surface area contributed by atoms with Gasteiger partial charge in [0.25, 0.3) is 0 Å². The van der Waals surface area contributed by atoms with E-state index in [1.165, 1.54) is 37.6 Å². The summed E-state index contributed by atoms with van der Waals surface area (Å²) in [6.07, 6.45) is 6.10. The number of anilines is 1. The number of ether oxygens (including phenoxy) is 1. The molecular weight excluding hydrogens is 607 g/mol. The lowest BCUT2D eigenvalue weighted by molar-refractivity contribution is -0.401. The van der Waals surface area contributed by atoms with Crippen LogP contribution in [0.15, 0.2) is 48.7 Å². The molecule has 0 aliphatic carbocycles. The molecule has 2 saturated heterocycles. The van der Waals surface area contributed by atoms with E-state index in [0.717, 1.165) is 31.6 Å². The number of aromatic nitrogens is 2. The Morgan fingerprint density at radius 2 is 1.91 bits per heavy atom. The lowest BCUT2D eigenvalue weighted by Gasteiger charge is -2.52. The molecule has 0 saturated carbocycles. The Kier molecular flexibility index (Phi) is 10.2. The monoisotopic (exact) mass is 646 g/mol. The number of nitrogens with one attached hydrogen (secondary N) is 1. The zero-order valence-corrected chi connectivity index (χ0v) is 26.9. The quantitative estimate of drug-likeness (QED) is 0.198. The number of rotatable bonds is 6. The fraction of sp³-hybridized carbons (Fsp3) is 0.485. The Hall–Kier alpha value is -3.28. The molecule has 11 nitrogen and oxygen atoms in total. The Bertz CT molecular complexity index is 1570. The molecule has 2 fully saturated rings. The van der Waals surface area contributed by atoms with Gasteiger partial charge in [0.1, 0.15) is 17.6 Å². The van der Waals surface area contributed by atoms with Crippen molar-refractivity contribution in [3.05, 3.63) is 70.5 Å². The van der Waals surface area contributed by atoms with Crippen LogP contribution < -0.4 is 15.0 Å². The lowest BCUT2D eigenvalue weighted by Crippen LogP contribution is -2.58. The number of para-hydroxylation sites is 1. The minimum absolute atomic E-state index is 0.0368. The third kappa shape index (κ3) is 7.01. The molecular formula is C33H40BClN6O5. The van der Waals surface area contributed by atoms with Crippen molar-refractivity contribution in [2.45, 2.75) is 56.2 Å². The second-order valence-corrected chi connectivity index (χ2v) is 12.8. The van der Waals surface area contributed by atoms with Gasteiger partial charge in [0, 0.05) is 43.4 Å². The van der Waals surface area contributed by atoms with E-state index in [1.807, 2.05) is 6.07 Å². The van der Waals surface area contributed by atoms with Gasteiger partial charge in [0.2, 0.25) is 5.69 Å². The van der Waals surface area contributed by atoms with Crippen LogP contribution in [-0.2, 0) is 12.0 Å². The average molecular weight is 647 g/mol. The molecule has 2 atom stereocenters. The van der Waals surface area contributed by atoms with E-state index in [4.69, 9.17) is 29.2 Å². The predicted molar refractivity (Wildman–Crippen MR) is 175 cm³/mol. The van der Waals surface area contributed by atoms with Crippen LogP contribution in [0.2, 0.25) is 5.02 Å². The number of hydrogen-bond acceptors (Lipinski definition) is 11. The van der Waals surface area contributed by atoms with Crippen LogP contribution in [0.4, 0.5) is 5.82 Å². The Labute approximate surface area is 275 Å². The molecule has 5 heterocycles. The molecule has 1 spiro atoms. The maximum Gasteiger partial charge on any atom is 0.368 e. The number of likely N-dealkylation sites (N-methyl/N-ethyl adjacent to an activating group) is 1. The summed E-state index contributed by atoms with van der Waals surface area (Å²) in [4.78, 5) is 13.9. The number of halogens is 1. The highest BCUT2D eigenvalue weighted by Crippen LogP contribution is 2.47. The smallest absolute Gasteiger partial charge is 0.368 e. The van der Waals surface area contributed by atoms with Gasteiger partial charge in [-0.2, -0.15) is 5.26 Å². The highest BCUT2D eigenvalue weighted by molar-refractivity contribution is 6.30. The molecule has 2 unspecified atom stereocenters. The summed E-state index contributed by atoms with van der Waals surface area (Å²) < 4.78 is 5.13. The van der Waals surface area contributed by atoms with Gasteiger partial charge in [0.05, 0.1) is 22.0 Å². The zero-order valence-electron chi connectivity index (χ0n) is 26.2. The van der Waals surface area contributed by atoms with Crippen LogP contribution in [0.25, 0.3) is 11.3 Å². The molecule has 2 radical (unpaired) electrons. The first-order chi connectivity index (χ1) is 21.9. The van der Waals surface area contributed by atoms with Crippen molar-refractivity contribution in [2.75, 3.05) is 44.7 Å². The number of hydrogen-bond donors (Lipinski definition) is 5. The van der Waals surface area contributed by atoms with Crippen LogP contribution in [-0.4, -0.2) is 94.6 Å². The largest absolute Gasteiger partial charge is 0.435 e. The van der Waals surface area contributed by atoms with E-state index in [-0.39, 0.29) is 17.1 Å². The van der Waals surface area contributed by atoms with Crippen LogP contribution in [0.5, 0.6) is 5.75 Å². The topological polar surface area (TPSA) is 158 Å². The van der Waals surface area contributed by atoms with Crippen molar-refractivity contribution < 1.29 is 25.2 Å². The minimum Gasteiger partial charge on any atom is -0.435 e. The molecule has 46 heavy (non-hydrogen) atoms. The first kappa shape index (κ1) is 34.1. The Morgan fingerprint density at radius 3 is 2.57 bits per heavy atom. The fourth-order valence-corrected chi connectivity index (χ4v) is 6.99. The van der Waals surface area contributed by atoms with Crippen molar-refractivity contribution in [1.82, 2.24) is 20.2 Å². The van der Waals surface area contributed by atoms with E-state index in [9.17, 15) is 25.7 Å². The van der Waals surface area contributed by atoms with Gasteiger partial charge in [-0.05, 0) is 75.1 Å². The van der Waals surface area contributed by atoms with Crippen molar-refractivity contribution >= 4 is 25.3 Å². The predicted octanol–water partition coefficient (Wildman–Crippen LogP) is 2.48. The summed E-state index contributed by atoms with van der Waals surface area (Å²) in [6.45, 7) is 7.59. The highest BCUT2D eigenvalue weighted by atomic mass is 35.5. The molecule has 0 amide bonds. The van der Waals surface area contributed by atoms with Crippen molar-refractivity contribution in [3.63, 3.8) is 0 Å². The van der Waals surface area contributed by atoms with Gasteiger partial charge in [-0.3, -0.25) is 9.88 Å². The van der Waals surface area contributed by atoms with Crippen molar-refractivity contribution in [3.8, 4) is 23.1 Å². The Morgan fingerprint density at radius 1 is 1.17 bits per heavy atom. The second-order valence-electron chi connectivity index (χ2n) is 12.3. The maximum atomic E-state index is 10.0. The van der Waals surface area contributed by atoms with Crippen LogP contribution >= 0.6 is 11.6 Å². The normalized spacial score (nSPS) is 21.7. The van der Waals surface area contributed by atoms with Gasteiger partial charge >= 0.3 is 5.97 Å². The zero-order chi connectivity index (χ0) is 33.1. The summed E-state index contributed by atoms with van der Waals surface area (Å²) in [6, 6.07) is 14.3. The van der Waals surface area contributed by atoms with Gasteiger partial charge in [-0.15, -0.1) is 0 Å². The molecule has 3 aliphatic heterocycles. The SMILES string of the molecule is C1CCNC1.[B]C(O)(O)C(O)(O)Oc1ccccc1-c1ccc2c(n1)CN(C)CC21CCN(c2ncc(Cl)cc2C#N)CC1CC. The van der Waals surface area contributed by atoms with E-state index in [2.05, 4.69) is 46.2 Å². The molecule has 3 aliphatic rings. The summed E-state index contributed by atoms with van der Waals surface area (Å²) in [5, 5.41) is 52.5. The third-order valence-corrected chi connectivity index (χ3v) is 9.34. The van der Waals surface area contributed by atoms with Crippen LogP contribution in [0.1, 0.15) is 49.4 Å². The lowest BCUT2D eigenvalue weighted by atomic mass is 9.62. The number of benzene rings is 1. The van der Waals surface area contributed by atoms with E-state index in [1.54, 1.807) is 30.5 Å². The first-order valence-corrected chi connectivity index (χ1v) is 15.9. The maximum absolute atomic E-state index is 10.0. The molecule has 5 N–H and O–H groups in total. The second kappa shape index (κ2) is 13.8. The summed E-state index contributed by atoms with van der Waals surface area (Å²) >= 11 is 6.09. The average Bonchev–Trinajstić information content (AvgIpc) is 3.61. The number of pyridine rings is 2. The molecule has 3 aromatic rings. The van der Waals surface area contributed by atoms with Crippen LogP contribution in [0.3, 0.4) is 0 Å². The van der Waals surface area contributed by atoms with Gasteiger partial charge in [-0.25, -0.2) is 4.98 Å². The van der Waals surface area contributed by atoms with Gasteiger partial charge in [0.15, 0.2) is 7.85 Å². The summed E-state index contributed by atoms with van der Waals surface area (Å²) in [7, 11) is 7.14.